The number of benzene rings is 2. The first-order chi connectivity index (χ1) is 11.5. The Morgan fingerprint density at radius 2 is 1.08 bits per heavy atom. The maximum absolute atomic E-state index is 9.18. The molecular weight excluding hydrogens is 308 g/mol. The number of phenols is 2. The SMILES string of the molecule is CC(=O)O.Oc1ccc(CNCCNCc2ccc(O)cc2)cc1. The van der Waals surface area contributed by atoms with Gasteiger partial charge in [0.1, 0.15) is 11.5 Å². The van der Waals surface area contributed by atoms with Crippen molar-refractivity contribution in [2.75, 3.05) is 13.1 Å². The highest BCUT2D eigenvalue weighted by atomic mass is 16.4. The summed E-state index contributed by atoms with van der Waals surface area (Å²) in [7, 11) is 0. The van der Waals surface area contributed by atoms with Crippen LogP contribution in [0.4, 0.5) is 0 Å². The molecule has 2 aromatic rings. The first kappa shape index (κ1) is 19.5. The van der Waals surface area contributed by atoms with Crippen LogP contribution in [0.15, 0.2) is 48.5 Å². The number of carbonyl (C=O) groups is 1. The second-order valence-corrected chi connectivity index (χ2v) is 5.21. The molecule has 0 aliphatic heterocycles. The van der Waals surface area contributed by atoms with Crippen molar-refractivity contribution in [3.05, 3.63) is 59.7 Å². The first-order valence-corrected chi connectivity index (χ1v) is 7.64. The third-order valence-electron chi connectivity index (χ3n) is 3.01. The van der Waals surface area contributed by atoms with Crippen LogP contribution < -0.4 is 10.6 Å². The standard InChI is InChI=1S/C16H20N2O2.C2H4O2/c19-15-5-1-13(2-6-15)11-17-9-10-18-12-14-3-7-16(20)8-4-14;1-2(3)4/h1-8,17-20H,9-12H2;1H3,(H,3,4). The Morgan fingerprint density at radius 1 is 0.792 bits per heavy atom. The zero-order chi connectivity index (χ0) is 17.8. The molecule has 0 spiro atoms. The predicted octanol–water partition coefficient (Wildman–Crippen LogP) is 2.07. The maximum atomic E-state index is 9.18. The molecule has 6 heteroatoms. The van der Waals surface area contributed by atoms with Crippen LogP contribution in [0.5, 0.6) is 11.5 Å². The zero-order valence-electron chi connectivity index (χ0n) is 13.7. The molecule has 0 unspecified atom stereocenters. The molecule has 0 amide bonds. The number of nitrogens with one attached hydrogen (secondary N) is 2. The minimum atomic E-state index is -0.833. The summed E-state index contributed by atoms with van der Waals surface area (Å²) in [5, 5.41) is 32.4. The van der Waals surface area contributed by atoms with Gasteiger partial charge in [0, 0.05) is 33.1 Å². The van der Waals surface area contributed by atoms with Gasteiger partial charge in [-0.2, -0.15) is 0 Å². The minimum absolute atomic E-state index is 0.296. The summed E-state index contributed by atoms with van der Waals surface area (Å²) in [6, 6.07) is 14.4. The summed E-state index contributed by atoms with van der Waals surface area (Å²) in [6.45, 7) is 4.42. The van der Waals surface area contributed by atoms with Gasteiger partial charge in [-0.25, -0.2) is 0 Å². The Hall–Kier alpha value is -2.57. The monoisotopic (exact) mass is 332 g/mol. The van der Waals surface area contributed by atoms with Crippen LogP contribution in [-0.2, 0) is 17.9 Å². The van der Waals surface area contributed by atoms with Gasteiger partial charge >= 0.3 is 0 Å². The van der Waals surface area contributed by atoms with Crippen LogP contribution in [-0.4, -0.2) is 34.4 Å². The van der Waals surface area contributed by atoms with Gasteiger partial charge in [-0.05, 0) is 35.4 Å². The Morgan fingerprint density at radius 3 is 1.38 bits per heavy atom. The van der Waals surface area contributed by atoms with Crippen LogP contribution >= 0.6 is 0 Å². The average Bonchev–Trinajstić information content (AvgIpc) is 2.54. The second-order valence-electron chi connectivity index (χ2n) is 5.21. The molecule has 5 N–H and O–H groups in total. The van der Waals surface area contributed by atoms with E-state index in [9.17, 15) is 10.2 Å². The molecule has 2 aromatic carbocycles. The lowest BCUT2D eigenvalue weighted by atomic mass is 10.2. The molecule has 0 aliphatic carbocycles. The number of carboxylic acids is 1. The van der Waals surface area contributed by atoms with Crippen molar-refractivity contribution in [1.82, 2.24) is 10.6 Å². The molecule has 0 saturated heterocycles. The van der Waals surface area contributed by atoms with E-state index >= 15 is 0 Å². The van der Waals surface area contributed by atoms with Gasteiger partial charge in [0.2, 0.25) is 0 Å². The normalized spacial score (nSPS) is 9.88. The zero-order valence-corrected chi connectivity index (χ0v) is 13.7. The molecule has 130 valence electrons. The summed E-state index contributed by atoms with van der Waals surface area (Å²) < 4.78 is 0. The van der Waals surface area contributed by atoms with Crippen molar-refractivity contribution in [2.24, 2.45) is 0 Å². The maximum Gasteiger partial charge on any atom is 0.300 e. The molecule has 2 rings (SSSR count). The van der Waals surface area contributed by atoms with Crippen LogP contribution in [0.25, 0.3) is 0 Å². The molecule has 24 heavy (non-hydrogen) atoms. The lowest BCUT2D eigenvalue weighted by Gasteiger charge is -2.07. The summed E-state index contributed by atoms with van der Waals surface area (Å²) in [5.41, 5.74) is 2.31. The molecule has 0 fully saturated rings. The Bertz CT molecular complexity index is 544. The molecular formula is C18H24N2O4. The van der Waals surface area contributed by atoms with E-state index in [0.717, 1.165) is 44.2 Å². The fraction of sp³-hybridized carbons (Fsp3) is 0.278. The van der Waals surface area contributed by atoms with Crippen molar-refractivity contribution >= 4 is 5.97 Å². The van der Waals surface area contributed by atoms with E-state index in [0.29, 0.717) is 11.5 Å². The largest absolute Gasteiger partial charge is 0.508 e. The van der Waals surface area contributed by atoms with E-state index in [1.165, 1.54) is 0 Å². The Balaban J connectivity index is 0.000000648. The summed E-state index contributed by atoms with van der Waals surface area (Å²) >= 11 is 0. The molecule has 6 nitrogen and oxygen atoms in total. The number of hydrogen-bond donors (Lipinski definition) is 5. The Kier molecular flexibility index (Phi) is 8.96. The Labute approximate surface area is 141 Å². The highest BCUT2D eigenvalue weighted by Gasteiger charge is 1.95. The van der Waals surface area contributed by atoms with Crippen LogP contribution in [0.3, 0.4) is 0 Å². The van der Waals surface area contributed by atoms with E-state index in [1.54, 1.807) is 24.3 Å². The lowest BCUT2D eigenvalue weighted by molar-refractivity contribution is -0.134. The van der Waals surface area contributed by atoms with Crippen LogP contribution in [0.2, 0.25) is 0 Å². The lowest BCUT2D eigenvalue weighted by Crippen LogP contribution is -2.26. The van der Waals surface area contributed by atoms with Crippen molar-refractivity contribution < 1.29 is 20.1 Å². The highest BCUT2D eigenvalue weighted by Crippen LogP contribution is 2.09. The van der Waals surface area contributed by atoms with Crippen LogP contribution in [0.1, 0.15) is 18.1 Å². The van der Waals surface area contributed by atoms with E-state index in [1.807, 2.05) is 24.3 Å². The van der Waals surface area contributed by atoms with E-state index in [2.05, 4.69) is 10.6 Å². The van der Waals surface area contributed by atoms with Crippen molar-refractivity contribution in [3.8, 4) is 11.5 Å². The van der Waals surface area contributed by atoms with Gasteiger partial charge in [-0.3, -0.25) is 4.79 Å². The smallest absolute Gasteiger partial charge is 0.300 e. The third kappa shape index (κ3) is 9.45. The number of carboxylic acid groups (broad SMARTS) is 1. The summed E-state index contributed by atoms with van der Waals surface area (Å²) in [4.78, 5) is 9.00. The molecule has 0 heterocycles. The number of rotatable bonds is 7. The second kappa shape index (κ2) is 11.0. The number of phenolic OH excluding ortho intramolecular Hbond substituents is 2. The van der Waals surface area contributed by atoms with E-state index in [-0.39, 0.29) is 0 Å². The number of aromatic hydroxyl groups is 2. The van der Waals surface area contributed by atoms with Gasteiger partial charge in [-0.1, -0.05) is 24.3 Å². The first-order valence-electron chi connectivity index (χ1n) is 7.64. The number of hydrogen-bond acceptors (Lipinski definition) is 5. The average molecular weight is 332 g/mol. The van der Waals surface area contributed by atoms with Crippen LogP contribution in [0, 0.1) is 0 Å². The topological polar surface area (TPSA) is 102 Å². The molecule has 0 radical (unpaired) electrons. The van der Waals surface area contributed by atoms with E-state index in [4.69, 9.17) is 9.90 Å². The van der Waals surface area contributed by atoms with E-state index < -0.39 is 5.97 Å². The number of aliphatic carboxylic acids is 1. The van der Waals surface area contributed by atoms with Crippen molar-refractivity contribution in [3.63, 3.8) is 0 Å². The minimum Gasteiger partial charge on any atom is -0.508 e. The quantitative estimate of drug-likeness (QED) is 0.498. The molecule has 0 saturated carbocycles. The molecule has 0 aliphatic rings. The van der Waals surface area contributed by atoms with Gasteiger partial charge < -0.3 is 26.0 Å². The third-order valence-corrected chi connectivity index (χ3v) is 3.01. The fourth-order valence-electron chi connectivity index (χ4n) is 1.87. The van der Waals surface area contributed by atoms with Gasteiger partial charge in [0.25, 0.3) is 5.97 Å². The highest BCUT2D eigenvalue weighted by molar-refractivity contribution is 5.62. The predicted molar refractivity (Wildman–Crippen MR) is 92.9 cm³/mol. The van der Waals surface area contributed by atoms with Crippen molar-refractivity contribution in [1.29, 1.82) is 0 Å². The summed E-state index contributed by atoms with van der Waals surface area (Å²) in [6.07, 6.45) is 0. The summed E-state index contributed by atoms with van der Waals surface area (Å²) in [5.74, 6) is -0.242. The molecule has 0 bridgehead atoms. The fourth-order valence-corrected chi connectivity index (χ4v) is 1.87. The van der Waals surface area contributed by atoms with Crippen molar-refractivity contribution in [2.45, 2.75) is 20.0 Å². The molecule has 0 aromatic heterocycles. The van der Waals surface area contributed by atoms with Gasteiger partial charge in [0.15, 0.2) is 0 Å². The molecule has 0 atom stereocenters. The van der Waals surface area contributed by atoms with Gasteiger partial charge in [0.05, 0.1) is 0 Å². The van der Waals surface area contributed by atoms with Gasteiger partial charge in [-0.15, -0.1) is 0 Å².